The number of aryl methyl sites for hydroxylation is 1. The van der Waals surface area contributed by atoms with E-state index in [9.17, 15) is 4.79 Å². The van der Waals surface area contributed by atoms with Crippen LogP contribution in [0.2, 0.25) is 0 Å². The summed E-state index contributed by atoms with van der Waals surface area (Å²) in [5, 5.41) is 3.57. The Labute approximate surface area is 178 Å². The number of para-hydroxylation sites is 2. The Morgan fingerprint density at radius 1 is 1.03 bits per heavy atom. The summed E-state index contributed by atoms with van der Waals surface area (Å²) in [4.78, 5) is 14.0. The number of benzene rings is 3. The normalized spacial score (nSPS) is 14.6. The molecule has 154 valence electrons. The molecule has 1 aliphatic heterocycles. The number of anilines is 2. The van der Waals surface area contributed by atoms with Crippen LogP contribution in [-0.4, -0.2) is 12.5 Å². The predicted molar refractivity (Wildman–Crippen MR) is 122 cm³/mol. The van der Waals surface area contributed by atoms with E-state index in [0.717, 1.165) is 47.8 Å². The van der Waals surface area contributed by atoms with Crippen LogP contribution in [0.25, 0.3) is 0 Å². The van der Waals surface area contributed by atoms with Crippen LogP contribution in [0.5, 0.6) is 11.5 Å². The molecule has 3 aromatic carbocycles. The molecule has 4 rings (SSSR count). The number of carbonyl (C=O) groups excluding carboxylic acids is 1. The molecule has 1 N–H and O–H groups in total. The third-order valence-corrected chi connectivity index (χ3v) is 5.57. The molecule has 1 unspecified atom stereocenters. The highest BCUT2D eigenvalue weighted by molar-refractivity contribution is 5.95. The van der Waals surface area contributed by atoms with E-state index in [1.807, 2.05) is 53.4 Å². The van der Waals surface area contributed by atoms with Gasteiger partial charge in [-0.05, 0) is 67.3 Å². The summed E-state index contributed by atoms with van der Waals surface area (Å²) in [5.74, 6) is 1.82. The molecule has 1 amide bonds. The first-order valence-electron chi connectivity index (χ1n) is 10.7. The molecule has 4 nitrogen and oxygen atoms in total. The van der Waals surface area contributed by atoms with Crippen LogP contribution in [0.15, 0.2) is 72.8 Å². The predicted octanol–water partition coefficient (Wildman–Crippen LogP) is 6.34. The van der Waals surface area contributed by atoms with Crippen molar-refractivity contribution in [3.05, 3.63) is 83.9 Å². The second-order valence-corrected chi connectivity index (χ2v) is 7.71. The van der Waals surface area contributed by atoms with Crippen molar-refractivity contribution in [2.24, 2.45) is 0 Å². The van der Waals surface area contributed by atoms with Gasteiger partial charge in [0.2, 0.25) is 5.91 Å². The number of rotatable bonds is 7. The molecule has 0 aliphatic carbocycles. The summed E-state index contributed by atoms with van der Waals surface area (Å²) >= 11 is 0. The number of hydrogen-bond acceptors (Lipinski definition) is 3. The van der Waals surface area contributed by atoms with Crippen LogP contribution in [-0.2, 0) is 11.2 Å². The number of nitrogens with one attached hydrogen (secondary N) is 1. The van der Waals surface area contributed by atoms with E-state index in [4.69, 9.17) is 4.74 Å². The second kappa shape index (κ2) is 9.04. The standard InChI is InChI=1S/C26H28N2O2/c1-3-20-13-15-23(16-14-20)30-25-11-5-4-10-24(25)27-19(2)21-8-6-9-22(18-21)28-17-7-12-26(28)29/h4-6,8-11,13-16,18-19,27H,3,7,12,17H2,1-2H3. The molecule has 30 heavy (non-hydrogen) atoms. The Morgan fingerprint density at radius 2 is 1.83 bits per heavy atom. The minimum atomic E-state index is 0.0647. The van der Waals surface area contributed by atoms with Crippen LogP contribution in [0.4, 0.5) is 11.4 Å². The lowest BCUT2D eigenvalue weighted by Crippen LogP contribution is -2.23. The van der Waals surface area contributed by atoms with E-state index in [1.165, 1.54) is 5.56 Å². The molecule has 0 spiro atoms. The molecule has 0 aromatic heterocycles. The van der Waals surface area contributed by atoms with E-state index < -0.39 is 0 Å². The van der Waals surface area contributed by atoms with Crippen molar-refractivity contribution < 1.29 is 9.53 Å². The van der Waals surface area contributed by atoms with Gasteiger partial charge in [-0.2, -0.15) is 0 Å². The molecule has 1 atom stereocenters. The first-order valence-corrected chi connectivity index (χ1v) is 10.7. The van der Waals surface area contributed by atoms with Gasteiger partial charge in [0, 0.05) is 24.7 Å². The zero-order chi connectivity index (χ0) is 20.9. The van der Waals surface area contributed by atoms with E-state index in [1.54, 1.807) is 0 Å². The largest absolute Gasteiger partial charge is 0.455 e. The fraction of sp³-hybridized carbons (Fsp3) is 0.269. The van der Waals surface area contributed by atoms with Gasteiger partial charge in [-0.3, -0.25) is 4.79 Å². The number of ether oxygens (including phenoxy) is 1. The molecule has 0 radical (unpaired) electrons. The van der Waals surface area contributed by atoms with Gasteiger partial charge in [0.25, 0.3) is 0 Å². The molecule has 1 saturated heterocycles. The summed E-state index contributed by atoms with van der Waals surface area (Å²) in [6.07, 6.45) is 2.58. The fourth-order valence-electron chi connectivity index (χ4n) is 3.79. The van der Waals surface area contributed by atoms with Gasteiger partial charge < -0.3 is 15.0 Å². The van der Waals surface area contributed by atoms with Crippen molar-refractivity contribution in [2.45, 2.75) is 39.2 Å². The third-order valence-electron chi connectivity index (χ3n) is 5.57. The molecule has 1 aliphatic rings. The molecule has 0 bridgehead atoms. The lowest BCUT2D eigenvalue weighted by atomic mass is 10.1. The maximum Gasteiger partial charge on any atom is 0.227 e. The molecule has 4 heteroatoms. The first-order chi connectivity index (χ1) is 14.6. The average molecular weight is 401 g/mol. The number of carbonyl (C=O) groups is 1. The van der Waals surface area contributed by atoms with Crippen molar-refractivity contribution >= 4 is 17.3 Å². The van der Waals surface area contributed by atoms with Crippen LogP contribution in [0.1, 0.15) is 43.9 Å². The van der Waals surface area contributed by atoms with Crippen LogP contribution < -0.4 is 15.0 Å². The van der Waals surface area contributed by atoms with Gasteiger partial charge in [0.05, 0.1) is 5.69 Å². The van der Waals surface area contributed by atoms with Crippen molar-refractivity contribution in [1.29, 1.82) is 0 Å². The molecular formula is C26H28N2O2. The molecule has 1 fully saturated rings. The topological polar surface area (TPSA) is 41.6 Å². The van der Waals surface area contributed by atoms with E-state index >= 15 is 0 Å². The van der Waals surface area contributed by atoms with E-state index in [0.29, 0.717) is 6.42 Å². The summed E-state index contributed by atoms with van der Waals surface area (Å²) in [6.45, 7) is 5.07. The summed E-state index contributed by atoms with van der Waals surface area (Å²) < 4.78 is 6.15. The van der Waals surface area contributed by atoms with Gasteiger partial charge >= 0.3 is 0 Å². The minimum absolute atomic E-state index is 0.0647. The first kappa shape index (κ1) is 20.0. The van der Waals surface area contributed by atoms with Crippen LogP contribution in [0, 0.1) is 0 Å². The van der Waals surface area contributed by atoms with Gasteiger partial charge in [-0.15, -0.1) is 0 Å². The summed E-state index contributed by atoms with van der Waals surface area (Å²) in [5.41, 5.74) is 4.34. The van der Waals surface area contributed by atoms with Gasteiger partial charge in [-0.25, -0.2) is 0 Å². The van der Waals surface area contributed by atoms with Crippen molar-refractivity contribution in [2.75, 3.05) is 16.8 Å². The Morgan fingerprint density at radius 3 is 2.57 bits per heavy atom. The lowest BCUT2D eigenvalue weighted by molar-refractivity contribution is -0.117. The Balaban J connectivity index is 1.51. The Hall–Kier alpha value is -3.27. The number of nitrogens with zero attached hydrogens (tertiary/aromatic N) is 1. The quantitative estimate of drug-likeness (QED) is 0.503. The summed E-state index contributed by atoms with van der Waals surface area (Å²) in [6, 6.07) is 24.5. The van der Waals surface area contributed by atoms with Crippen molar-refractivity contribution in [1.82, 2.24) is 0 Å². The van der Waals surface area contributed by atoms with Crippen LogP contribution in [0.3, 0.4) is 0 Å². The van der Waals surface area contributed by atoms with Crippen molar-refractivity contribution in [3.8, 4) is 11.5 Å². The molecule has 3 aromatic rings. The third kappa shape index (κ3) is 4.48. The highest BCUT2D eigenvalue weighted by atomic mass is 16.5. The SMILES string of the molecule is CCc1ccc(Oc2ccccc2NC(C)c2cccc(N3CCCC3=O)c2)cc1. The monoisotopic (exact) mass is 400 g/mol. The van der Waals surface area contributed by atoms with E-state index in [2.05, 4.69) is 43.4 Å². The maximum absolute atomic E-state index is 12.1. The lowest BCUT2D eigenvalue weighted by Gasteiger charge is -2.21. The Bertz CT molecular complexity index is 1010. The zero-order valence-electron chi connectivity index (χ0n) is 17.6. The van der Waals surface area contributed by atoms with Gasteiger partial charge in [0.15, 0.2) is 5.75 Å². The number of amides is 1. The van der Waals surface area contributed by atoms with E-state index in [-0.39, 0.29) is 11.9 Å². The fourth-order valence-corrected chi connectivity index (χ4v) is 3.79. The molecule has 1 heterocycles. The number of hydrogen-bond donors (Lipinski definition) is 1. The molecular weight excluding hydrogens is 372 g/mol. The van der Waals surface area contributed by atoms with Crippen LogP contribution >= 0.6 is 0 Å². The molecule has 0 saturated carbocycles. The smallest absolute Gasteiger partial charge is 0.227 e. The highest BCUT2D eigenvalue weighted by Gasteiger charge is 2.22. The Kier molecular flexibility index (Phi) is 6.03. The van der Waals surface area contributed by atoms with Gasteiger partial charge in [-0.1, -0.05) is 43.3 Å². The average Bonchev–Trinajstić information content (AvgIpc) is 3.21. The van der Waals surface area contributed by atoms with Crippen molar-refractivity contribution in [3.63, 3.8) is 0 Å². The minimum Gasteiger partial charge on any atom is -0.455 e. The second-order valence-electron chi connectivity index (χ2n) is 7.71. The van der Waals surface area contributed by atoms with Gasteiger partial charge in [0.1, 0.15) is 5.75 Å². The highest BCUT2D eigenvalue weighted by Crippen LogP contribution is 2.33. The zero-order valence-corrected chi connectivity index (χ0v) is 17.6. The maximum atomic E-state index is 12.1. The summed E-state index contributed by atoms with van der Waals surface area (Å²) in [7, 11) is 0.